The van der Waals surface area contributed by atoms with Gasteiger partial charge in [-0.1, -0.05) is 11.6 Å². The summed E-state index contributed by atoms with van der Waals surface area (Å²) >= 11 is 5.70. The molecule has 0 saturated carbocycles. The first-order valence-electron chi connectivity index (χ1n) is 10.6. The van der Waals surface area contributed by atoms with Crippen molar-refractivity contribution in [1.29, 1.82) is 0 Å². The van der Waals surface area contributed by atoms with E-state index in [1.807, 2.05) is 11.8 Å². The third-order valence-corrected chi connectivity index (χ3v) is 6.02. The van der Waals surface area contributed by atoms with Crippen molar-refractivity contribution in [2.75, 3.05) is 29.9 Å². The van der Waals surface area contributed by atoms with Crippen molar-refractivity contribution in [2.45, 2.75) is 45.0 Å². The minimum atomic E-state index is -4.97. The van der Waals surface area contributed by atoms with Gasteiger partial charge in [0.1, 0.15) is 6.04 Å². The van der Waals surface area contributed by atoms with Gasteiger partial charge in [0.05, 0.1) is 22.0 Å². The van der Waals surface area contributed by atoms with E-state index in [4.69, 9.17) is 11.6 Å². The molecule has 2 aromatic rings. The van der Waals surface area contributed by atoms with E-state index in [2.05, 4.69) is 15.7 Å². The maximum absolute atomic E-state index is 13.3. The molecular formula is C21H23ClF5N5O3. The highest BCUT2D eigenvalue weighted by atomic mass is 35.5. The lowest BCUT2D eigenvalue weighted by atomic mass is 10.1. The molecule has 1 aliphatic rings. The number of carbonyl (C=O) groups excluding carboxylic acids is 1. The molecule has 2 heterocycles. The molecule has 192 valence electrons. The second kappa shape index (κ2) is 10.4. The van der Waals surface area contributed by atoms with Gasteiger partial charge in [-0.2, -0.15) is 18.3 Å². The third-order valence-electron chi connectivity index (χ3n) is 5.57. The molecule has 14 heteroatoms. The van der Waals surface area contributed by atoms with Gasteiger partial charge in [0.15, 0.2) is 5.69 Å². The summed E-state index contributed by atoms with van der Waals surface area (Å²) in [5.74, 6) is -2.54. The van der Waals surface area contributed by atoms with Crippen molar-refractivity contribution in [2.24, 2.45) is 0 Å². The minimum absolute atomic E-state index is 0.164. The van der Waals surface area contributed by atoms with Crippen LogP contribution >= 0.6 is 11.6 Å². The molecule has 0 aliphatic carbocycles. The summed E-state index contributed by atoms with van der Waals surface area (Å²) in [6.07, 6.45) is -9.20. The summed E-state index contributed by atoms with van der Waals surface area (Å²) in [5, 5.41) is 17.6. The van der Waals surface area contributed by atoms with Gasteiger partial charge in [-0.05, 0) is 32.0 Å². The molecule has 3 N–H and O–H groups in total. The minimum Gasteiger partial charge on any atom is -0.478 e. The number of carboxylic acids is 1. The van der Waals surface area contributed by atoms with Crippen molar-refractivity contribution in [3.63, 3.8) is 0 Å². The first kappa shape index (κ1) is 26.7. The van der Waals surface area contributed by atoms with Crippen LogP contribution in [-0.4, -0.2) is 58.9 Å². The lowest BCUT2D eigenvalue weighted by Crippen LogP contribution is -2.49. The first-order valence-corrected chi connectivity index (χ1v) is 10.9. The zero-order chi connectivity index (χ0) is 26.1. The number of hydrogen-bond donors (Lipinski definition) is 3. The Bertz CT molecular complexity index is 1110. The Labute approximate surface area is 202 Å². The quantitative estimate of drug-likeness (QED) is 0.471. The Morgan fingerprint density at radius 3 is 2.57 bits per heavy atom. The van der Waals surface area contributed by atoms with E-state index in [-0.39, 0.29) is 23.0 Å². The number of halogens is 6. The van der Waals surface area contributed by atoms with Gasteiger partial charge in [-0.15, -0.1) is 0 Å². The van der Waals surface area contributed by atoms with Crippen molar-refractivity contribution in [1.82, 2.24) is 15.1 Å². The number of anilines is 2. The summed E-state index contributed by atoms with van der Waals surface area (Å²) in [4.78, 5) is 26.8. The fraction of sp³-hybridized carbons (Fsp3) is 0.476. The summed E-state index contributed by atoms with van der Waals surface area (Å²) in [6.45, 7) is 5.00. The molecule has 8 nitrogen and oxygen atoms in total. The van der Waals surface area contributed by atoms with Gasteiger partial charge in [0.2, 0.25) is 12.3 Å². The van der Waals surface area contributed by atoms with Crippen LogP contribution < -0.4 is 15.5 Å². The van der Waals surface area contributed by atoms with Gasteiger partial charge < -0.3 is 20.6 Å². The number of rotatable bonds is 7. The van der Waals surface area contributed by atoms with Crippen molar-refractivity contribution in [3.05, 3.63) is 40.2 Å². The van der Waals surface area contributed by atoms with E-state index < -0.39 is 47.7 Å². The Kier molecular flexibility index (Phi) is 7.90. The largest absolute Gasteiger partial charge is 0.478 e. The van der Waals surface area contributed by atoms with Crippen LogP contribution in [0.1, 0.15) is 41.1 Å². The van der Waals surface area contributed by atoms with Crippen molar-refractivity contribution < 1.29 is 36.6 Å². The first-order chi connectivity index (χ1) is 16.3. The summed E-state index contributed by atoms with van der Waals surface area (Å²) in [7, 11) is 0. The highest BCUT2D eigenvalue weighted by Crippen LogP contribution is 2.37. The lowest BCUT2D eigenvalue weighted by Gasteiger charge is -2.34. The number of alkyl halides is 5. The van der Waals surface area contributed by atoms with Crippen molar-refractivity contribution in [3.8, 4) is 0 Å². The fourth-order valence-electron chi connectivity index (χ4n) is 3.87. The zero-order valence-corrected chi connectivity index (χ0v) is 19.4. The monoisotopic (exact) mass is 523 g/mol. The van der Waals surface area contributed by atoms with E-state index in [1.165, 1.54) is 12.1 Å². The van der Waals surface area contributed by atoms with Crippen LogP contribution in [0, 0.1) is 6.92 Å². The molecular weight excluding hydrogens is 501 g/mol. The van der Waals surface area contributed by atoms with E-state index in [0.717, 1.165) is 6.92 Å². The van der Waals surface area contributed by atoms with Crippen LogP contribution in [0.2, 0.25) is 5.02 Å². The molecule has 35 heavy (non-hydrogen) atoms. The molecule has 2 atom stereocenters. The van der Waals surface area contributed by atoms with E-state index in [9.17, 15) is 36.6 Å². The molecule has 0 spiro atoms. The number of carbonyl (C=O) groups is 2. The molecule has 1 saturated heterocycles. The number of aromatic nitrogens is 2. The summed E-state index contributed by atoms with van der Waals surface area (Å²) in [5.41, 5.74) is -1.75. The van der Waals surface area contributed by atoms with Crippen LogP contribution in [0.4, 0.5) is 33.3 Å². The van der Waals surface area contributed by atoms with Crippen LogP contribution in [0.5, 0.6) is 0 Å². The van der Waals surface area contributed by atoms with Gasteiger partial charge in [-0.25, -0.2) is 13.6 Å². The zero-order valence-electron chi connectivity index (χ0n) is 18.7. The molecule has 1 aromatic heterocycles. The normalized spacial score (nSPS) is 17.5. The third kappa shape index (κ3) is 6.01. The second-order valence-electron chi connectivity index (χ2n) is 8.16. The predicted molar refractivity (Wildman–Crippen MR) is 118 cm³/mol. The standard InChI is InChI=1S/C21H23ClF5N5O3/c1-10-9-31(6-5-28-10)12-3-4-14(13(7-12)20(34)35)29-19(33)15(8-16(23)24)32-11(2)17(22)18(30-32)21(25,26)27/h3-4,7,10,15-16,28H,5-6,8-9H2,1-2H3,(H,29,33)(H,34,35)/t10-,15-/m0/s1. The van der Waals surface area contributed by atoms with Crippen LogP contribution in [0.3, 0.4) is 0 Å². The van der Waals surface area contributed by atoms with Crippen LogP contribution in [-0.2, 0) is 11.0 Å². The fourth-order valence-corrected chi connectivity index (χ4v) is 4.10. The Morgan fingerprint density at radius 2 is 2.03 bits per heavy atom. The smallest absolute Gasteiger partial charge is 0.436 e. The average Bonchev–Trinajstić information content (AvgIpc) is 3.06. The van der Waals surface area contributed by atoms with Crippen LogP contribution in [0.25, 0.3) is 0 Å². The molecule has 3 rings (SSSR count). The van der Waals surface area contributed by atoms with Crippen molar-refractivity contribution >= 4 is 34.9 Å². The molecule has 1 aliphatic heterocycles. The molecule has 1 fully saturated rings. The van der Waals surface area contributed by atoms with E-state index in [0.29, 0.717) is 30.0 Å². The van der Waals surface area contributed by atoms with Gasteiger partial charge in [0, 0.05) is 37.8 Å². The number of carboxylic acid groups (broad SMARTS) is 1. The predicted octanol–water partition coefficient (Wildman–Crippen LogP) is 4.20. The SMILES string of the molecule is Cc1c(Cl)c(C(F)(F)F)nn1[C@@H](CC(F)F)C(=O)Nc1ccc(N2CCN[C@@H](C)C2)cc1C(=O)O. The number of aromatic carboxylic acids is 1. The molecule has 0 unspecified atom stereocenters. The molecule has 0 radical (unpaired) electrons. The lowest BCUT2D eigenvalue weighted by molar-refractivity contribution is -0.141. The Morgan fingerprint density at radius 1 is 1.34 bits per heavy atom. The molecule has 1 amide bonds. The number of nitrogens with one attached hydrogen (secondary N) is 2. The van der Waals surface area contributed by atoms with Crippen LogP contribution in [0.15, 0.2) is 18.2 Å². The van der Waals surface area contributed by atoms with E-state index in [1.54, 1.807) is 6.07 Å². The second-order valence-corrected chi connectivity index (χ2v) is 8.54. The number of nitrogens with zero attached hydrogens (tertiary/aromatic N) is 3. The summed E-state index contributed by atoms with van der Waals surface area (Å²) < 4.78 is 66.6. The Hall–Kier alpha value is -2.93. The highest BCUT2D eigenvalue weighted by molar-refractivity contribution is 6.32. The molecule has 0 bridgehead atoms. The van der Waals surface area contributed by atoms with Gasteiger partial charge in [-0.3, -0.25) is 9.48 Å². The average molecular weight is 524 g/mol. The van der Waals surface area contributed by atoms with Gasteiger partial charge >= 0.3 is 12.1 Å². The van der Waals surface area contributed by atoms with E-state index >= 15 is 0 Å². The topological polar surface area (TPSA) is 99.5 Å². The maximum atomic E-state index is 13.3. The Balaban J connectivity index is 1.94. The highest BCUT2D eigenvalue weighted by Gasteiger charge is 2.40. The molecule has 1 aromatic carbocycles. The van der Waals surface area contributed by atoms with Gasteiger partial charge in [0.25, 0.3) is 0 Å². The maximum Gasteiger partial charge on any atom is 0.436 e. The number of amides is 1. The number of benzene rings is 1. The summed E-state index contributed by atoms with van der Waals surface area (Å²) in [6, 6.07) is 2.51. The number of piperazine rings is 1. The number of hydrogen-bond acceptors (Lipinski definition) is 5.